The number of carbonyl (C=O) groups excluding carboxylic acids is 3. The Morgan fingerprint density at radius 3 is 2.25 bits per heavy atom. The number of phosphoric ester groups is 1. The third-order valence-corrected chi connectivity index (χ3v) is 21.6. The zero-order valence-corrected chi connectivity index (χ0v) is 63.2. The average molecular weight is 1540 g/mol. The zero-order valence-electron chi connectivity index (χ0n) is 57.2. The van der Waals surface area contributed by atoms with Crippen molar-refractivity contribution in [2.24, 2.45) is 0 Å². The molecule has 1 aromatic heterocycles. The van der Waals surface area contributed by atoms with E-state index in [1.807, 2.05) is 32.9 Å². The lowest BCUT2D eigenvalue weighted by Crippen LogP contribution is -2.76. The van der Waals surface area contributed by atoms with Crippen LogP contribution in [0.15, 0.2) is 62.7 Å². The number of aryl methyl sites for hydroxylation is 3. The van der Waals surface area contributed by atoms with Crippen LogP contribution in [0.5, 0.6) is 0 Å². The minimum atomic E-state index is -5.76. The van der Waals surface area contributed by atoms with Crippen molar-refractivity contribution in [2.75, 3.05) is 84.1 Å². The fraction of sp³-hybridized carbons (Fsp3) is 0.547. The summed E-state index contributed by atoms with van der Waals surface area (Å²) in [6.45, 7) is 19.4. The molecule has 2 aromatic carbocycles. The molecule has 0 bridgehead atoms. The molecule has 3 heterocycles. The number of ether oxygens (including phenoxy) is 7. The summed E-state index contributed by atoms with van der Waals surface area (Å²) in [5, 5.41) is 14.7. The monoisotopic (exact) mass is 1540 g/mol. The second kappa shape index (κ2) is 41.9. The minimum absolute atomic E-state index is 0.0341. The van der Waals surface area contributed by atoms with Gasteiger partial charge in [-0.05, 0) is 117 Å². The molecule has 0 saturated carbocycles. The molecule has 29 nitrogen and oxygen atoms in total. The molecule has 1 amide bonds. The molecule has 3 aliphatic rings. The van der Waals surface area contributed by atoms with E-state index in [1.54, 1.807) is 40.0 Å². The fourth-order valence-electron chi connectivity index (χ4n) is 9.65. The molecule has 1 aliphatic carbocycles. The van der Waals surface area contributed by atoms with Gasteiger partial charge in [-0.15, -0.1) is 0 Å². The van der Waals surface area contributed by atoms with Crippen LogP contribution in [0.25, 0.3) is 33.4 Å². The third-order valence-electron chi connectivity index (χ3n) is 14.1. The molecule has 2 aliphatic heterocycles. The lowest BCUT2D eigenvalue weighted by molar-refractivity contribution is -0.496. The highest BCUT2D eigenvalue weighted by molar-refractivity contribution is 8.77. The first-order valence-corrected chi connectivity index (χ1v) is 41.6. The van der Waals surface area contributed by atoms with Crippen LogP contribution in [0.2, 0.25) is 0 Å². The number of H-pyrrole nitrogens is 1. The Hall–Kier alpha value is -5.27. The normalized spacial score (nSPS) is 16.4. The highest BCUT2D eigenvalue weighted by atomic mass is 33.1. The Kier molecular flexibility index (Phi) is 35.8. The van der Waals surface area contributed by atoms with Gasteiger partial charge in [0.05, 0.1) is 69.7 Å². The maximum absolute atomic E-state index is 13.4. The molecular weight excluding hydrogens is 1450 g/mol. The van der Waals surface area contributed by atoms with Crippen molar-refractivity contribution in [3.05, 3.63) is 108 Å². The maximum atomic E-state index is 13.4. The number of Topliss-reactive ketones (excluding diaryl/α,β-unsaturated/α-hetero) is 1. The summed E-state index contributed by atoms with van der Waals surface area (Å²) in [5.74, 6) is 4.90. The van der Waals surface area contributed by atoms with Gasteiger partial charge in [0.15, 0.2) is 5.78 Å². The number of carboxylic acids is 1. The van der Waals surface area contributed by atoms with Crippen molar-refractivity contribution < 1.29 is 113 Å². The van der Waals surface area contributed by atoms with E-state index in [2.05, 4.69) is 87.0 Å². The molecular formula is C64H90N4O25P3S4+. The number of nitrogens with one attached hydrogen (secondary N) is 3. The van der Waals surface area contributed by atoms with Gasteiger partial charge in [0.2, 0.25) is 5.36 Å². The largest absolute Gasteiger partial charge is 0.490 e. The van der Waals surface area contributed by atoms with Crippen molar-refractivity contribution in [1.82, 2.24) is 14.9 Å². The lowest BCUT2D eigenvalue weighted by atomic mass is 9.87. The van der Waals surface area contributed by atoms with Crippen LogP contribution in [0.3, 0.4) is 0 Å². The lowest BCUT2D eigenvalue weighted by Gasteiger charge is -2.21. The van der Waals surface area contributed by atoms with Crippen molar-refractivity contribution in [3.8, 4) is 34.3 Å². The number of nitrogens with zero attached hydrogens (tertiary/aromatic N) is 1. The van der Waals surface area contributed by atoms with E-state index >= 15 is 0 Å². The van der Waals surface area contributed by atoms with E-state index in [0.29, 0.717) is 87.4 Å². The molecule has 554 valence electrons. The predicted octanol–water partition coefficient (Wildman–Crippen LogP) is 8.43. The molecule has 100 heavy (non-hydrogen) atoms. The molecule has 6 atom stereocenters. The number of aromatic carboxylic acids is 1. The Morgan fingerprint density at radius 1 is 0.850 bits per heavy atom. The van der Waals surface area contributed by atoms with Crippen molar-refractivity contribution in [3.63, 3.8) is 0 Å². The van der Waals surface area contributed by atoms with E-state index in [-0.39, 0.29) is 59.9 Å². The van der Waals surface area contributed by atoms with Gasteiger partial charge in [-0.1, -0.05) is 90.0 Å². The summed E-state index contributed by atoms with van der Waals surface area (Å²) in [4.78, 5) is 117. The van der Waals surface area contributed by atoms with Gasteiger partial charge in [-0.25, -0.2) is 33.1 Å². The van der Waals surface area contributed by atoms with Crippen LogP contribution in [-0.4, -0.2) is 159 Å². The highest BCUT2D eigenvalue weighted by Crippen LogP contribution is 2.66. The standard InChI is InChI=1S/C39H48N2O8.C25H41N2O17P3S4/c1-6-10-27-23-35-31(20-25(27)4)37(32-21-26(5)33(40-8-3)24-36(32)49-35)30-22-28(12-13-29(30)38(43)44)34(42)11-9-16-46-18-19-47-17-14-41-39(45)48-15-7-2;1-25(2,3)50-49-16-38-11-7-8-12-39-22(28)10-6-5-9-18-14-27(24(30)26-23(18)29)21-13-19(40-17-51(4)48)20(42-21)15-41-46(34,35)44-47(36,37)43-45(31,32)33/h12-13,20-24H,6-11,14-19H2,1-5H3,(H,41,45)(H,43,44);14,19-21H,6-8,10-13,15-17H2,1-4H3,(H,34,35)(H,36,37)(H,26,29,30)(H2,31,32,33)/p+1/t;19-,20+,21+,51?/m.0/s1. The number of fused-ring (bicyclic) bond motifs is 2. The van der Waals surface area contributed by atoms with E-state index < -0.39 is 87.2 Å². The van der Waals surface area contributed by atoms with Crippen LogP contribution >= 0.6 is 45.1 Å². The Bertz CT molecular complexity index is 3990. The van der Waals surface area contributed by atoms with Gasteiger partial charge in [0.25, 0.3) is 5.56 Å². The van der Waals surface area contributed by atoms with Crippen LogP contribution < -0.4 is 26.9 Å². The van der Waals surface area contributed by atoms with Crippen LogP contribution in [-0.2, 0) is 91.9 Å². The van der Waals surface area contributed by atoms with Gasteiger partial charge >= 0.3 is 47.2 Å². The molecule has 6 rings (SSSR count). The minimum Gasteiger partial charge on any atom is -0.478 e. The number of rotatable bonds is 39. The fourth-order valence-corrected chi connectivity index (χ4v) is 15.2. The summed E-state index contributed by atoms with van der Waals surface area (Å²) in [6.07, 6.45) is 3.78. The Labute approximate surface area is 594 Å². The topological polar surface area (TPSA) is 407 Å². The maximum Gasteiger partial charge on any atom is 0.490 e. The molecule has 36 heteroatoms. The molecule has 3 unspecified atom stereocenters. The van der Waals surface area contributed by atoms with Crippen LogP contribution in [0.4, 0.5) is 4.79 Å². The molecule has 1 fully saturated rings. The third kappa shape index (κ3) is 29.8. The second-order valence-corrected chi connectivity index (χ2v) is 34.1. The Balaban J connectivity index is 0.000000361. The van der Waals surface area contributed by atoms with Crippen LogP contribution in [0, 0.1) is 25.7 Å². The van der Waals surface area contributed by atoms with Crippen molar-refractivity contribution in [2.45, 2.75) is 143 Å². The van der Waals surface area contributed by atoms with Crippen molar-refractivity contribution in [1.29, 1.82) is 0 Å². The van der Waals surface area contributed by atoms with Gasteiger partial charge < -0.3 is 67.6 Å². The zero-order chi connectivity index (χ0) is 73.8. The van der Waals surface area contributed by atoms with Gasteiger partial charge in [-0.2, -0.15) is 8.62 Å². The number of carboxylic acid groups (broad SMARTS) is 1. The highest BCUT2D eigenvalue weighted by Gasteiger charge is 2.44. The smallest absolute Gasteiger partial charge is 0.478 e. The van der Waals surface area contributed by atoms with E-state index in [9.17, 15) is 57.4 Å². The quantitative estimate of drug-likeness (QED) is 0.00267. The van der Waals surface area contributed by atoms with Crippen molar-refractivity contribution >= 4 is 100 Å². The Morgan fingerprint density at radius 2 is 1.57 bits per heavy atom. The van der Waals surface area contributed by atoms with E-state index in [1.165, 1.54) is 11.6 Å². The van der Waals surface area contributed by atoms with E-state index in [0.717, 1.165) is 76.0 Å². The number of hydrogen-bond acceptors (Lipinski definition) is 23. The average Bonchev–Trinajstić information content (AvgIpc) is 0.779. The molecule has 8 N–H and O–H groups in total. The van der Waals surface area contributed by atoms with Gasteiger partial charge in [0.1, 0.15) is 41.7 Å². The number of unbranched alkanes of at least 4 members (excludes halogenated alkanes) is 1. The summed E-state index contributed by atoms with van der Waals surface area (Å²) in [5.41, 5.74) is 4.67. The number of aromatic nitrogens is 2. The number of alkyl carbamates (subject to hydrolysis) is 1. The first kappa shape index (κ1) is 85.4. The first-order chi connectivity index (χ1) is 47.2. The van der Waals surface area contributed by atoms with E-state index in [4.69, 9.17) is 58.6 Å². The second-order valence-electron chi connectivity index (χ2n) is 23.5. The number of esters is 1. The summed E-state index contributed by atoms with van der Waals surface area (Å²) >= 11 is 5.12. The number of phosphoric acid groups is 3. The molecule has 0 spiro atoms. The molecule has 3 aromatic rings. The van der Waals surface area contributed by atoms with Gasteiger partial charge in [-0.3, -0.25) is 28.5 Å². The number of aromatic amines is 1. The number of ketones is 1. The summed E-state index contributed by atoms with van der Waals surface area (Å²) in [6, 6.07) is 13.0. The number of hydrogen-bond donors (Lipinski definition) is 8. The SMILES string of the molecule is CCCOC(=O)NCCOCCOCCCC(=O)c1ccc(C(=O)O)c(-c2c3cc(C)c(=[NH+]CC)cc-3oc3cc(CCC)c(C)cc23)c1.CS(=S)CO[C@H]1C[C@H](n2cc(C#CCCC(=O)OCCCCOCSSC(C)(C)C)c(=O)[nH]c2=O)O[C@@H]1COP(=O)(O)OP(=O)(O)OP(=O)(O)O. The summed E-state index contributed by atoms with van der Waals surface area (Å²) in [7, 11) is -14.1. The molecule has 0 radical (unpaired) electrons. The predicted molar refractivity (Wildman–Crippen MR) is 380 cm³/mol. The number of benzene rings is 3. The van der Waals surface area contributed by atoms with Crippen LogP contribution in [0.1, 0.15) is 149 Å². The molecule has 1 saturated heterocycles. The number of amides is 1. The first-order valence-electron chi connectivity index (χ1n) is 32.0. The number of carbonyl (C=O) groups is 4. The van der Waals surface area contributed by atoms with Gasteiger partial charge in [0, 0.05) is 77.6 Å². The summed E-state index contributed by atoms with van der Waals surface area (Å²) < 4.78 is 92.8.